The molecule has 2 aromatic heterocycles. The zero-order chi connectivity index (χ0) is 63.7. The maximum Gasteiger partial charge on any atom is 0.408 e. The first kappa shape index (κ1) is 69.1. The van der Waals surface area contributed by atoms with Crippen LogP contribution in [0.25, 0.3) is 22.1 Å². The van der Waals surface area contributed by atoms with Crippen molar-refractivity contribution in [3.8, 4) is 23.3 Å². The van der Waals surface area contributed by atoms with Crippen LogP contribution in [0.2, 0.25) is 0 Å². The van der Waals surface area contributed by atoms with Gasteiger partial charge < -0.3 is 58.4 Å². The van der Waals surface area contributed by atoms with E-state index in [9.17, 15) is 28.8 Å². The summed E-state index contributed by atoms with van der Waals surface area (Å²) in [5.41, 5.74) is 2.76. The molecule has 6 heterocycles. The van der Waals surface area contributed by atoms with E-state index in [1.807, 2.05) is 98.7 Å². The van der Waals surface area contributed by atoms with Crippen molar-refractivity contribution in [2.24, 2.45) is 58.2 Å². The minimum atomic E-state index is -0.907. The number of amides is 4. The Kier molecular flexibility index (Phi) is 20.7. The Labute approximate surface area is 565 Å². The number of carbonyl (C=O) groups excluding carboxylic acids is 6. The van der Waals surface area contributed by atoms with E-state index < -0.39 is 65.0 Å². The van der Waals surface area contributed by atoms with Gasteiger partial charge in [-0.2, -0.15) is 0 Å². The van der Waals surface area contributed by atoms with E-state index in [0.717, 1.165) is 99.5 Å². The molecule has 5 aliphatic carbocycles. The molecule has 20 nitrogen and oxygen atoms in total. The van der Waals surface area contributed by atoms with Gasteiger partial charge in [0, 0.05) is 61.1 Å². The second-order valence-corrected chi connectivity index (χ2v) is 29.8. The number of aromatic nitrogens is 4. The zero-order valence-corrected chi connectivity index (χ0v) is 58.1. The maximum absolute atomic E-state index is 14.3. The Morgan fingerprint density at radius 3 is 1.52 bits per heavy atom. The molecular weight excluding hydrogens is 1250 g/mol. The molecule has 2 aromatic carbocycles. The van der Waals surface area contributed by atoms with E-state index >= 15 is 0 Å². The summed E-state index contributed by atoms with van der Waals surface area (Å²) in [6.45, 7) is 17.8. The molecule has 6 unspecified atom stereocenters. The van der Waals surface area contributed by atoms with E-state index in [1.165, 1.54) is 16.2 Å². The van der Waals surface area contributed by atoms with Crippen molar-refractivity contribution in [1.29, 1.82) is 0 Å². The second kappa shape index (κ2) is 27.6. The van der Waals surface area contributed by atoms with Crippen molar-refractivity contribution in [1.82, 2.24) is 40.4 Å². The van der Waals surface area contributed by atoms with Gasteiger partial charge in [0.2, 0.25) is 23.6 Å². The SMILES string of the molecule is CC[C@@H]1[C@@H]2CN(C(=O)[C@H](C(C)(C)C)NC(=O)O[C@@H]3CC4CC4[C@H]3CCCC3CC3c3nc4ccc(OC)cc4nc3O2)[C@@H]1[C-]=O.CC[C@@H]1[C@@H]2CN(C(=O)[C@H](C(C)(C)C)NC(=O)O[C@]3(C)CCC[C@H]3CCCC3CC3c3nc4ccc(OC)cc4nc3O2)[C@@H]1[C-]=O.[V].[V]. The quantitative estimate of drug-likeness (QED) is 0.171. The predicted molar refractivity (Wildman–Crippen MR) is 335 cm³/mol. The number of nitrogens with one attached hydrogen (secondary N) is 2. The van der Waals surface area contributed by atoms with Crippen LogP contribution < -0.4 is 29.6 Å². The molecule has 7 fully saturated rings. The fourth-order valence-electron chi connectivity index (χ4n) is 16.5. The van der Waals surface area contributed by atoms with Gasteiger partial charge in [0.25, 0.3) is 0 Å². The summed E-state index contributed by atoms with van der Waals surface area (Å²) in [7, 11) is 3.24. The molecule has 13 rings (SSSR count). The number of fused-ring (bicyclic) bond motifs is 16. The number of methoxy groups -OCH3 is 2. The molecule has 4 aromatic rings. The van der Waals surface area contributed by atoms with Gasteiger partial charge in [-0.25, -0.2) is 42.1 Å². The molecule has 496 valence electrons. The van der Waals surface area contributed by atoms with Crippen LogP contribution in [0.3, 0.4) is 0 Å². The number of carbonyl (C=O) groups is 4. The Balaban J connectivity index is 0.000000197. The summed E-state index contributed by atoms with van der Waals surface area (Å²) in [5, 5.41) is 5.83. The van der Waals surface area contributed by atoms with Crippen molar-refractivity contribution in [2.45, 2.75) is 219 Å². The Morgan fingerprint density at radius 2 is 1.05 bits per heavy atom. The van der Waals surface area contributed by atoms with Gasteiger partial charge in [-0.05, 0) is 160 Å². The number of hydrogen-bond donors (Lipinski definition) is 2. The third-order valence-corrected chi connectivity index (χ3v) is 21.9. The summed E-state index contributed by atoms with van der Waals surface area (Å²) in [5.74, 6) is 4.34. The van der Waals surface area contributed by atoms with Crippen LogP contribution >= 0.6 is 0 Å². The normalized spacial score (nSPS) is 34.3. The zero-order valence-electron chi connectivity index (χ0n) is 55.3. The average Bonchev–Trinajstić information content (AvgIpc) is 1.59. The molecule has 2 N–H and O–H groups in total. The fourth-order valence-corrected chi connectivity index (χ4v) is 16.5. The Morgan fingerprint density at radius 1 is 0.576 bits per heavy atom. The van der Waals surface area contributed by atoms with E-state index in [1.54, 1.807) is 14.2 Å². The van der Waals surface area contributed by atoms with E-state index in [2.05, 4.69) is 23.2 Å². The molecule has 9 aliphatic rings. The van der Waals surface area contributed by atoms with E-state index in [-0.39, 0.29) is 97.7 Å². The van der Waals surface area contributed by atoms with Crippen LogP contribution in [0.5, 0.6) is 23.3 Å². The van der Waals surface area contributed by atoms with Gasteiger partial charge in [0.1, 0.15) is 58.9 Å². The van der Waals surface area contributed by atoms with Crippen LogP contribution in [0, 0.1) is 58.2 Å². The van der Waals surface area contributed by atoms with Crippen molar-refractivity contribution in [3.05, 3.63) is 47.8 Å². The largest absolute Gasteiger partial charge is 0.540 e. The first-order valence-corrected chi connectivity index (χ1v) is 33.4. The molecule has 5 saturated carbocycles. The van der Waals surface area contributed by atoms with Crippen molar-refractivity contribution < 1.29 is 94.3 Å². The van der Waals surface area contributed by atoms with Gasteiger partial charge in [-0.15, -0.1) is 0 Å². The second-order valence-electron chi connectivity index (χ2n) is 29.8. The maximum atomic E-state index is 14.3. The molecule has 4 aliphatic heterocycles. The van der Waals surface area contributed by atoms with Crippen molar-refractivity contribution in [3.63, 3.8) is 0 Å². The Bertz CT molecular complexity index is 3290. The van der Waals surface area contributed by atoms with Crippen LogP contribution in [-0.2, 0) is 65.8 Å². The summed E-state index contributed by atoms with van der Waals surface area (Å²) in [6.07, 6.45) is 16.5. The van der Waals surface area contributed by atoms with Crippen molar-refractivity contribution in [2.75, 3.05) is 27.3 Å². The monoisotopic (exact) mass is 1340 g/mol. The molecule has 4 bridgehead atoms. The number of rotatable bonds is 6. The summed E-state index contributed by atoms with van der Waals surface area (Å²) in [4.78, 5) is 103. The predicted octanol–water partition coefficient (Wildman–Crippen LogP) is 10.9. The van der Waals surface area contributed by atoms with Gasteiger partial charge in [-0.1, -0.05) is 93.2 Å². The Hall–Kier alpha value is -5.69. The standard InChI is InChI=1S/C35H45N4O6.C35H47N4O6.2V/c1-6-21-27(17-40)39-16-29(21)44-32-30(36-25-11-10-20(43-5)15-26(25)37-32)24-12-18(24)8-7-9-22-23-13-19(23)14-28(22)45-34(42)38-31(33(39)41)35(2,3)4;1-7-23-27(19-40)39-18-28(23)44-31-29(36-25-14-13-22(43-6)17-26(25)37-31)24-16-20(24)10-8-11-21-12-9-15-35(21,5)45-33(42)38-30(32(39)41)34(2,3)4;;/h10-11,15,18-19,21-24,27-29,31H,6-9,12-14,16H2,1-5H3,(H,38,42);13-14,17,20-21,23-24,27-28,30H,7-12,15-16,18H2,1-6H3,(H,38,42);;/q2*-1;;/t18?,19?,21-,22+,23?,24?,27+,28+,29-,31+;20?,21-,23+,24?,27-,28+,30-,35-;;/m01../s1. The molecule has 4 amide bonds. The molecule has 0 spiro atoms. The van der Waals surface area contributed by atoms with Gasteiger partial charge in [-0.3, -0.25) is 9.59 Å². The minimum Gasteiger partial charge on any atom is -0.540 e. The topological polar surface area (TPSA) is 240 Å². The first-order chi connectivity index (χ1) is 43.0. The molecular formula is C70H92N8O12V2-2. The minimum absolute atomic E-state index is 0. The third-order valence-electron chi connectivity index (χ3n) is 21.9. The van der Waals surface area contributed by atoms with Crippen molar-refractivity contribution >= 4 is 58.6 Å². The van der Waals surface area contributed by atoms with E-state index in [4.69, 9.17) is 48.4 Å². The van der Waals surface area contributed by atoms with Crippen LogP contribution in [-0.4, -0.2) is 142 Å². The van der Waals surface area contributed by atoms with E-state index in [0.29, 0.717) is 76.7 Å². The van der Waals surface area contributed by atoms with Crippen LogP contribution in [0.1, 0.15) is 182 Å². The molecule has 22 heteroatoms. The third kappa shape index (κ3) is 14.0. The average molecular weight is 1340 g/mol. The first-order valence-electron chi connectivity index (χ1n) is 33.4. The number of hydrogen-bond acceptors (Lipinski definition) is 16. The summed E-state index contributed by atoms with van der Waals surface area (Å²) >= 11 is 0. The number of ether oxygens (including phenoxy) is 6. The van der Waals surface area contributed by atoms with Gasteiger partial charge in [0.15, 0.2) is 0 Å². The number of benzene rings is 2. The molecule has 2 radical (unpaired) electrons. The van der Waals surface area contributed by atoms with Gasteiger partial charge >= 0.3 is 12.2 Å². The number of alkyl carbamates (subject to hydrolysis) is 2. The van der Waals surface area contributed by atoms with Crippen LogP contribution in [0.15, 0.2) is 36.4 Å². The molecule has 92 heavy (non-hydrogen) atoms. The summed E-state index contributed by atoms with van der Waals surface area (Å²) in [6, 6.07) is 7.91. The number of nitrogens with zero attached hydrogens (tertiary/aromatic N) is 6. The molecule has 18 atom stereocenters. The molecule has 2 saturated heterocycles. The van der Waals surface area contributed by atoms with Crippen LogP contribution in [0.4, 0.5) is 9.59 Å². The van der Waals surface area contributed by atoms with Gasteiger partial charge in [0.05, 0.1) is 49.4 Å². The smallest absolute Gasteiger partial charge is 0.408 e. The summed E-state index contributed by atoms with van der Waals surface area (Å²) < 4.78 is 36.5. The fraction of sp³-hybridized carbons (Fsp3) is 0.686.